The molecule has 2 aromatic heterocycles. The zero-order valence-electron chi connectivity index (χ0n) is 30.9. The monoisotopic (exact) mass is 782 g/mol. The lowest BCUT2D eigenvalue weighted by Crippen LogP contribution is -2.42. The second kappa shape index (κ2) is 19.5. The zero-order valence-corrected chi connectivity index (χ0v) is 31.7. The van der Waals surface area contributed by atoms with Gasteiger partial charge in [-0.1, -0.05) is 11.6 Å². The van der Waals surface area contributed by atoms with Crippen molar-refractivity contribution in [2.45, 2.75) is 57.8 Å². The Kier molecular flexibility index (Phi) is 14.3. The average molecular weight is 783 g/mol. The quantitative estimate of drug-likeness (QED) is 0.139. The van der Waals surface area contributed by atoms with Crippen LogP contribution in [0.15, 0.2) is 61.2 Å². The van der Waals surface area contributed by atoms with Gasteiger partial charge in [0.25, 0.3) is 0 Å². The number of carbonyl (C=O) groups is 2. The number of nitrogens with one attached hydrogen (secondary N) is 2. The topological polar surface area (TPSA) is 183 Å². The zero-order chi connectivity index (χ0) is 39.3. The molecule has 0 unspecified atom stereocenters. The summed E-state index contributed by atoms with van der Waals surface area (Å²) in [7, 11) is 3.20. The summed E-state index contributed by atoms with van der Waals surface area (Å²) in [5.41, 5.74) is 1.36. The van der Waals surface area contributed by atoms with Crippen LogP contribution in [0.5, 0.6) is 23.3 Å². The van der Waals surface area contributed by atoms with Crippen molar-refractivity contribution in [1.29, 1.82) is 0 Å². The highest BCUT2D eigenvalue weighted by Gasteiger charge is 2.26. The Bertz CT molecular complexity index is 1870. The Morgan fingerprint density at radius 2 is 1.27 bits per heavy atom. The van der Waals surface area contributed by atoms with Crippen LogP contribution in [0.2, 0.25) is 5.02 Å². The number of benzene rings is 2. The van der Waals surface area contributed by atoms with E-state index in [0.29, 0.717) is 92.4 Å². The number of halogens is 2. The van der Waals surface area contributed by atoms with Gasteiger partial charge in [-0.3, -0.25) is 0 Å². The van der Waals surface area contributed by atoms with Crippen LogP contribution < -0.4 is 29.6 Å². The van der Waals surface area contributed by atoms with E-state index in [-0.39, 0.29) is 29.4 Å². The van der Waals surface area contributed by atoms with Crippen molar-refractivity contribution in [1.82, 2.24) is 29.7 Å². The van der Waals surface area contributed by atoms with Gasteiger partial charge in [-0.15, -0.1) is 0 Å². The van der Waals surface area contributed by atoms with Gasteiger partial charge in [0.2, 0.25) is 11.8 Å². The minimum absolute atomic E-state index is 0.0146. The fourth-order valence-corrected chi connectivity index (χ4v) is 5.81. The number of hydrogen-bond donors (Lipinski definition) is 3. The molecule has 0 spiro atoms. The van der Waals surface area contributed by atoms with E-state index < -0.39 is 11.9 Å². The van der Waals surface area contributed by atoms with Crippen LogP contribution in [-0.4, -0.2) is 106 Å². The first-order valence-corrected chi connectivity index (χ1v) is 18.0. The molecule has 2 aliphatic rings. The maximum atomic E-state index is 13.2. The predicted octanol–water partition coefficient (Wildman–Crippen LogP) is 7.16. The van der Waals surface area contributed by atoms with Crippen molar-refractivity contribution in [3.63, 3.8) is 0 Å². The van der Waals surface area contributed by atoms with Gasteiger partial charge in [-0.25, -0.2) is 33.9 Å². The van der Waals surface area contributed by atoms with Crippen LogP contribution in [0.4, 0.5) is 37.0 Å². The summed E-state index contributed by atoms with van der Waals surface area (Å²) in [5.74, 6) is 2.79. The molecule has 2 fully saturated rings. The summed E-state index contributed by atoms with van der Waals surface area (Å²) in [6, 6.07) is 13.1. The molecule has 18 heteroatoms. The number of methoxy groups -OCH3 is 2. The summed E-state index contributed by atoms with van der Waals surface area (Å²) in [4.78, 5) is 42.6. The third kappa shape index (κ3) is 12.3. The van der Waals surface area contributed by atoms with Gasteiger partial charge in [-0.2, -0.15) is 0 Å². The number of carbonyl (C=O) groups excluding carboxylic acids is 1. The third-order valence-electron chi connectivity index (χ3n) is 8.42. The molecule has 2 aromatic carbocycles. The Hall–Kier alpha value is -5.84. The molecule has 294 valence electrons. The third-order valence-corrected chi connectivity index (χ3v) is 8.71. The van der Waals surface area contributed by atoms with Crippen LogP contribution >= 0.6 is 11.6 Å². The molecule has 0 bridgehead atoms. The normalized spacial score (nSPS) is 14.7. The minimum atomic E-state index is -0.912. The van der Waals surface area contributed by atoms with Gasteiger partial charge < -0.3 is 49.2 Å². The van der Waals surface area contributed by atoms with Crippen LogP contribution in [-0.2, 0) is 4.74 Å². The largest absolute Gasteiger partial charge is 0.497 e. The molecule has 3 N–H and O–H groups in total. The van der Waals surface area contributed by atoms with Crippen molar-refractivity contribution in [2.24, 2.45) is 0 Å². The van der Waals surface area contributed by atoms with E-state index in [4.69, 9.17) is 40.4 Å². The number of nitrogens with zero attached hydrogens (tertiary/aromatic N) is 6. The van der Waals surface area contributed by atoms with Crippen molar-refractivity contribution in [3.8, 4) is 23.3 Å². The molecule has 6 rings (SSSR count). The van der Waals surface area contributed by atoms with Gasteiger partial charge >= 0.3 is 12.2 Å². The van der Waals surface area contributed by atoms with Gasteiger partial charge in [0.1, 0.15) is 53.8 Å². The maximum absolute atomic E-state index is 13.2. The highest BCUT2D eigenvalue weighted by molar-refractivity contribution is 6.31. The maximum Gasteiger partial charge on any atom is 0.410 e. The van der Waals surface area contributed by atoms with Crippen molar-refractivity contribution in [2.75, 3.05) is 51.0 Å². The SMILES string of the molecule is COc1cc(Nc2cc(OC3CCN(C(=O)OC(C)C)CC3)ncn2)cc(OC)c1.O=C(O)N1CCC(Oc2cc(Nc3ccc(F)c(Cl)c3)ncn2)CC1. The molecular formula is C37H44ClFN8O8. The first-order chi connectivity index (χ1) is 26.5. The molecule has 0 saturated carbocycles. The molecule has 2 amide bonds. The van der Waals surface area contributed by atoms with E-state index in [9.17, 15) is 14.0 Å². The van der Waals surface area contributed by atoms with E-state index in [2.05, 4.69) is 30.6 Å². The summed E-state index contributed by atoms with van der Waals surface area (Å²) >= 11 is 5.76. The smallest absolute Gasteiger partial charge is 0.410 e. The number of amides is 2. The Morgan fingerprint density at radius 3 is 1.75 bits per heavy atom. The molecule has 2 saturated heterocycles. The van der Waals surface area contributed by atoms with Crippen LogP contribution in [0.1, 0.15) is 39.5 Å². The van der Waals surface area contributed by atoms with E-state index in [0.717, 1.165) is 5.69 Å². The number of ether oxygens (including phenoxy) is 5. The van der Waals surface area contributed by atoms with Gasteiger partial charge in [-0.05, 0) is 32.0 Å². The molecule has 55 heavy (non-hydrogen) atoms. The first-order valence-electron chi connectivity index (χ1n) is 17.6. The fourth-order valence-electron chi connectivity index (χ4n) is 5.63. The Labute approximate surface area is 322 Å². The van der Waals surface area contributed by atoms with E-state index in [1.165, 1.54) is 29.7 Å². The van der Waals surface area contributed by atoms with Crippen LogP contribution in [0.25, 0.3) is 0 Å². The number of hydrogen-bond acceptors (Lipinski definition) is 13. The van der Waals surface area contributed by atoms with Crippen LogP contribution in [0.3, 0.4) is 0 Å². The molecular weight excluding hydrogens is 739 g/mol. The van der Waals surface area contributed by atoms with E-state index >= 15 is 0 Å². The first kappa shape index (κ1) is 40.3. The number of rotatable bonds is 11. The molecule has 4 aromatic rings. The molecule has 0 aliphatic carbocycles. The lowest BCUT2D eigenvalue weighted by atomic mass is 10.1. The summed E-state index contributed by atoms with van der Waals surface area (Å²) in [6.45, 7) is 5.74. The Morgan fingerprint density at radius 1 is 0.764 bits per heavy atom. The molecule has 2 aliphatic heterocycles. The summed E-state index contributed by atoms with van der Waals surface area (Å²) in [6.07, 6.45) is 4.02. The van der Waals surface area contributed by atoms with Crippen molar-refractivity contribution < 1.29 is 42.8 Å². The molecule has 4 heterocycles. The van der Waals surface area contributed by atoms with Gasteiger partial charge in [0.15, 0.2) is 0 Å². The number of anilines is 4. The standard InChI is InChI=1S/C21H28N4O5.C16H16ClFN4O3/c1-14(2)29-21(26)25-7-5-16(6-8-25)30-20-12-19(22-13-23-20)24-15-9-17(27-3)11-18(10-15)28-4;17-12-7-10(1-2-13(12)18)21-14-8-15(20-9-19-14)25-11-3-5-22(6-4-11)16(23)24/h9-14,16H,5-8H2,1-4H3,(H,22,23,24);1-2,7-9,11H,3-6H2,(H,23,24)(H,19,20,21). The summed E-state index contributed by atoms with van der Waals surface area (Å²) < 4.78 is 40.8. The number of likely N-dealkylation sites (tertiary alicyclic amines) is 2. The van der Waals surface area contributed by atoms with E-state index in [1.807, 2.05) is 26.0 Å². The van der Waals surface area contributed by atoms with Crippen LogP contribution in [0, 0.1) is 5.82 Å². The predicted molar refractivity (Wildman–Crippen MR) is 202 cm³/mol. The van der Waals surface area contributed by atoms with Gasteiger partial charge in [0.05, 0.1) is 25.3 Å². The highest BCUT2D eigenvalue weighted by atomic mass is 35.5. The highest BCUT2D eigenvalue weighted by Crippen LogP contribution is 2.29. The number of aromatic nitrogens is 4. The van der Waals surface area contributed by atoms with Crippen molar-refractivity contribution >= 4 is 46.8 Å². The second-order valence-corrected chi connectivity index (χ2v) is 13.2. The van der Waals surface area contributed by atoms with Gasteiger partial charge in [0, 0.05) is 93.6 Å². The molecule has 0 atom stereocenters. The van der Waals surface area contributed by atoms with E-state index in [1.54, 1.807) is 43.4 Å². The second-order valence-electron chi connectivity index (χ2n) is 12.8. The molecule has 0 radical (unpaired) electrons. The Balaban J connectivity index is 0.000000214. The minimum Gasteiger partial charge on any atom is -0.497 e. The number of carboxylic acid groups (broad SMARTS) is 1. The molecule has 16 nitrogen and oxygen atoms in total. The lowest BCUT2D eigenvalue weighted by molar-refractivity contribution is 0.0507. The fraction of sp³-hybridized carbons (Fsp3) is 0.405. The van der Waals surface area contributed by atoms with Crippen molar-refractivity contribution in [3.05, 3.63) is 72.0 Å². The lowest BCUT2D eigenvalue weighted by Gasteiger charge is -2.31. The summed E-state index contributed by atoms with van der Waals surface area (Å²) in [5, 5.41) is 15.2. The number of piperidine rings is 2. The average Bonchev–Trinajstić information content (AvgIpc) is 3.17.